The van der Waals surface area contributed by atoms with E-state index in [4.69, 9.17) is 17.2 Å². The van der Waals surface area contributed by atoms with Gasteiger partial charge < -0.3 is 37.8 Å². The number of unbranched alkanes of at least 4 members (excludes halogenated alkanes) is 1. The number of aromatic hydroxyl groups is 1. The summed E-state index contributed by atoms with van der Waals surface area (Å²) in [6.07, 6.45) is 2.99. The summed E-state index contributed by atoms with van der Waals surface area (Å²) in [5.41, 5.74) is 17.5. The summed E-state index contributed by atoms with van der Waals surface area (Å²) < 4.78 is 0. The highest BCUT2D eigenvalue weighted by atomic mass is 16.3. The molecule has 182 valence electrons. The first-order valence-corrected chi connectivity index (χ1v) is 11.1. The molecule has 33 heavy (non-hydrogen) atoms. The van der Waals surface area contributed by atoms with E-state index in [0.29, 0.717) is 45.2 Å². The molecule has 9 N–H and O–H groups in total. The Labute approximate surface area is 193 Å². The first-order chi connectivity index (χ1) is 15.7. The lowest BCUT2D eigenvalue weighted by molar-refractivity contribution is -0.140. The van der Waals surface area contributed by atoms with Crippen LogP contribution in [0.1, 0.15) is 37.7 Å². The quantitative estimate of drug-likeness (QED) is 0.203. The highest BCUT2D eigenvalue weighted by Crippen LogP contribution is 2.20. The molecule has 0 aromatic heterocycles. The van der Waals surface area contributed by atoms with Gasteiger partial charge in [0.25, 0.3) is 0 Å². The molecule has 0 unspecified atom stereocenters. The molecule has 1 fully saturated rings. The molecule has 3 atom stereocenters. The van der Waals surface area contributed by atoms with Gasteiger partial charge >= 0.3 is 0 Å². The highest BCUT2D eigenvalue weighted by Gasteiger charge is 2.37. The van der Waals surface area contributed by atoms with Gasteiger partial charge in [0.2, 0.25) is 23.6 Å². The van der Waals surface area contributed by atoms with Crippen molar-refractivity contribution in [2.24, 2.45) is 17.2 Å². The Morgan fingerprint density at radius 1 is 1.15 bits per heavy atom. The summed E-state index contributed by atoms with van der Waals surface area (Å²) in [5.74, 6) is -1.87. The summed E-state index contributed by atoms with van der Waals surface area (Å²) in [6, 6.07) is 3.97. The Morgan fingerprint density at radius 3 is 2.48 bits per heavy atom. The first kappa shape index (κ1) is 26.1. The van der Waals surface area contributed by atoms with Crippen LogP contribution >= 0.6 is 0 Å². The lowest BCUT2D eigenvalue weighted by Crippen LogP contribution is -2.55. The number of hydrogen-bond acceptors (Lipinski definition) is 7. The molecule has 0 bridgehead atoms. The van der Waals surface area contributed by atoms with E-state index in [1.807, 2.05) is 0 Å². The second kappa shape index (κ2) is 12.8. The largest absolute Gasteiger partial charge is 0.508 e. The summed E-state index contributed by atoms with van der Waals surface area (Å²) in [4.78, 5) is 50.9. The maximum Gasteiger partial charge on any atom is 0.243 e. The van der Waals surface area contributed by atoms with E-state index in [1.54, 1.807) is 12.1 Å². The monoisotopic (exact) mass is 462 g/mol. The van der Waals surface area contributed by atoms with Crippen LogP contribution in [0, 0.1) is 0 Å². The molecule has 0 radical (unpaired) electrons. The van der Waals surface area contributed by atoms with Crippen molar-refractivity contribution in [3.8, 4) is 5.75 Å². The molecule has 0 aliphatic carbocycles. The average molecular weight is 463 g/mol. The van der Waals surface area contributed by atoms with Crippen molar-refractivity contribution in [3.05, 3.63) is 29.8 Å². The lowest BCUT2D eigenvalue weighted by Gasteiger charge is -2.28. The Morgan fingerprint density at radius 2 is 1.85 bits per heavy atom. The second-order valence-corrected chi connectivity index (χ2v) is 8.20. The van der Waals surface area contributed by atoms with E-state index in [9.17, 15) is 24.3 Å². The zero-order valence-electron chi connectivity index (χ0n) is 18.7. The molecule has 0 spiro atoms. The van der Waals surface area contributed by atoms with Gasteiger partial charge in [0.05, 0.1) is 12.6 Å². The van der Waals surface area contributed by atoms with Crippen LogP contribution in [0.4, 0.5) is 0 Å². The van der Waals surface area contributed by atoms with E-state index in [1.165, 1.54) is 17.0 Å². The van der Waals surface area contributed by atoms with Crippen molar-refractivity contribution < 1.29 is 24.3 Å². The molecule has 1 aliphatic rings. The zero-order valence-corrected chi connectivity index (χ0v) is 18.7. The van der Waals surface area contributed by atoms with E-state index < -0.39 is 35.8 Å². The van der Waals surface area contributed by atoms with Gasteiger partial charge in [-0.1, -0.05) is 12.1 Å². The molecule has 1 aromatic carbocycles. The number of carbonyl (C=O) groups is 4. The molecule has 1 heterocycles. The minimum absolute atomic E-state index is 0.121. The van der Waals surface area contributed by atoms with Crippen molar-refractivity contribution in [1.29, 1.82) is 0 Å². The van der Waals surface area contributed by atoms with Crippen molar-refractivity contribution in [2.75, 3.05) is 19.6 Å². The lowest BCUT2D eigenvalue weighted by atomic mass is 10.0. The second-order valence-electron chi connectivity index (χ2n) is 8.20. The summed E-state index contributed by atoms with van der Waals surface area (Å²) >= 11 is 0. The molecule has 0 saturated carbocycles. The van der Waals surface area contributed by atoms with Gasteiger partial charge in [-0.3, -0.25) is 19.2 Å². The van der Waals surface area contributed by atoms with Gasteiger partial charge in [0.15, 0.2) is 0 Å². The molecule has 1 aromatic rings. The number of phenols is 1. The van der Waals surface area contributed by atoms with E-state index in [2.05, 4.69) is 10.6 Å². The first-order valence-electron chi connectivity index (χ1n) is 11.1. The molecule has 1 aliphatic heterocycles. The highest BCUT2D eigenvalue weighted by molar-refractivity contribution is 5.94. The van der Waals surface area contributed by atoms with E-state index >= 15 is 0 Å². The Balaban J connectivity index is 2.01. The fourth-order valence-corrected chi connectivity index (χ4v) is 3.82. The van der Waals surface area contributed by atoms with Gasteiger partial charge in [0, 0.05) is 6.54 Å². The van der Waals surface area contributed by atoms with Gasteiger partial charge in [-0.25, -0.2) is 0 Å². The van der Waals surface area contributed by atoms with Crippen molar-refractivity contribution in [1.82, 2.24) is 15.5 Å². The number of likely N-dealkylation sites (tertiary alicyclic amines) is 1. The number of phenolic OH excluding ortho intramolecular Hbond substituents is 1. The van der Waals surface area contributed by atoms with Crippen LogP contribution in [0.3, 0.4) is 0 Å². The van der Waals surface area contributed by atoms with Crippen molar-refractivity contribution in [2.45, 2.75) is 56.7 Å². The van der Waals surface area contributed by atoms with Crippen molar-refractivity contribution >= 4 is 23.6 Å². The summed E-state index contributed by atoms with van der Waals surface area (Å²) in [5, 5.41) is 14.5. The fraction of sp³-hybridized carbons (Fsp3) is 0.545. The Bertz CT molecular complexity index is 831. The smallest absolute Gasteiger partial charge is 0.243 e. The Kier molecular flexibility index (Phi) is 10.1. The normalized spacial score (nSPS) is 17.3. The third-order valence-corrected chi connectivity index (χ3v) is 5.56. The van der Waals surface area contributed by atoms with Crippen molar-refractivity contribution in [3.63, 3.8) is 0 Å². The number of primary amides is 1. The number of hydrogen-bond donors (Lipinski definition) is 6. The van der Waals surface area contributed by atoms with Crippen LogP contribution in [-0.4, -0.2) is 71.4 Å². The van der Waals surface area contributed by atoms with Gasteiger partial charge in [-0.2, -0.15) is 0 Å². The minimum atomic E-state index is -0.869. The molecule has 1 saturated heterocycles. The maximum absolute atomic E-state index is 13.0. The predicted molar refractivity (Wildman–Crippen MR) is 122 cm³/mol. The van der Waals surface area contributed by atoms with E-state index in [0.717, 1.165) is 5.56 Å². The maximum atomic E-state index is 13.0. The van der Waals surface area contributed by atoms with Crippen LogP contribution < -0.4 is 27.8 Å². The van der Waals surface area contributed by atoms with E-state index in [-0.39, 0.29) is 24.6 Å². The number of carbonyl (C=O) groups excluding carboxylic acids is 4. The summed E-state index contributed by atoms with van der Waals surface area (Å²) in [6.45, 7) is 0.515. The van der Waals surface area contributed by atoms with Crippen LogP contribution in [0.5, 0.6) is 5.75 Å². The standard InChI is InChI=1S/C22H34N6O5/c23-10-2-1-4-17(20(31)26-13-19(25)30)27-21(32)18-5-3-11-28(18)22(33)16(24)12-14-6-8-15(29)9-7-14/h6-9,16-18,29H,1-5,10-13,23-24H2,(H2,25,30)(H,26,31)(H,27,32)/t16-,17-,18-/m0/s1. The number of nitrogens with two attached hydrogens (primary N) is 3. The Hall–Kier alpha value is -3.18. The molecule has 11 heteroatoms. The topological polar surface area (TPSA) is 194 Å². The van der Waals surface area contributed by atoms with Gasteiger partial charge in [-0.15, -0.1) is 0 Å². The van der Waals surface area contributed by atoms with Crippen LogP contribution in [0.25, 0.3) is 0 Å². The van der Waals surface area contributed by atoms with Gasteiger partial charge in [0.1, 0.15) is 17.8 Å². The third kappa shape index (κ3) is 8.03. The van der Waals surface area contributed by atoms with Crippen LogP contribution in [0.2, 0.25) is 0 Å². The minimum Gasteiger partial charge on any atom is -0.508 e. The molecule has 4 amide bonds. The summed E-state index contributed by atoms with van der Waals surface area (Å²) in [7, 11) is 0. The number of rotatable bonds is 12. The number of nitrogens with zero attached hydrogens (tertiary/aromatic N) is 1. The predicted octanol–water partition coefficient (Wildman–Crippen LogP) is -1.53. The molecule has 2 rings (SSSR count). The number of amides is 4. The van der Waals surface area contributed by atoms with Crippen LogP contribution in [0.15, 0.2) is 24.3 Å². The SMILES string of the molecule is NCCCC[C@H](NC(=O)[C@@H]1CCCN1C(=O)[C@@H](N)Cc1ccc(O)cc1)C(=O)NCC(N)=O. The van der Waals surface area contributed by atoms with Crippen LogP contribution in [-0.2, 0) is 25.6 Å². The number of benzene rings is 1. The van der Waals surface area contributed by atoms with Gasteiger partial charge in [-0.05, 0) is 62.8 Å². The molecular formula is C22H34N6O5. The third-order valence-electron chi connectivity index (χ3n) is 5.56. The number of nitrogens with one attached hydrogen (secondary N) is 2. The average Bonchev–Trinajstić information content (AvgIpc) is 3.27. The fourth-order valence-electron chi connectivity index (χ4n) is 3.82. The zero-order chi connectivity index (χ0) is 24.4. The molecular weight excluding hydrogens is 428 g/mol. The molecule has 11 nitrogen and oxygen atoms in total.